The van der Waals surface area contributed by atoms with Crippen LogP contribution in [-0.2, 0) is 0 Å². The van der Waals surface area contributed by atoms with Crippen LogP contribution in [0.2, 0.25) is 5.02 Å². The van der Waals surface area contributed by atoms with Crippen LogP contribution in [0.15, 0.2) is 29.6 Å². The summed E-state index contributed by atoms with van der Waals surface area (Å²) in [5.41, 5.74) is 2.79. The van der Waals surface area contributed by atoms with Gasteiger partial charge in [-0.1, -0.05) is 17.7 Å². The molecule has 0 amide bonds. The van der Waals surface area contributed by atoms with Crippen molar-refractivity contribution in [2.75, 3.05) is 0 Å². The molecule has 1 aromatic carbocycles. The summed E-state index contributed by atoms with van der Waals surface area (Å²) in [5, 5.41) is 2.75. The summed E-state index contributed by atoms with van der Waals surface area (Å²) in [6, 6.07) is 7.37. The monoisotopic (exact) mass is 236 g/mol. The van der Waals surface area contributed by atoms with Crippen LogP contribution in [0, 0.1) is 6.92 Å². The van der Waals surface area contributed by atoms with Crippen LogP contribution >= 0.6 is 22.9 Å². The van der Waals surface area contributed by atoms with Crippen LogP contribution in [0.3, 0.4) is 0 Å². The minimum Gasteiger partial charge on any atom is -0.298 e. The zero-order valence-corrected chi connectivity index (χ0v) is 9.73. The van der Waals surface area contributed by atoms with E-state index in [1.54, 1.807) is 23.5 Å². The lowest BCUT2D eigenvalue weighted by molar-refractivity contribution is 0.112. The van der Waals surface area contributed by atoms with Crippen LogP contribution in [-0.4, -0.2) is 6.29 Å². The molecule has 0 bridgehead atoms. The Morgan fingerprint density at radius 3 is 2.73 bits per heavy atom. The van der Waals surface area contributed by atoms with Gasteiger partial charge in [0.1, 0.15) is 6.29 Å². The van der Waals surface area contributed by atoms with Gasteiger partial charge in [0.15, 0.2) is 0 Å². The first-order valence-corrected chi connectivity index (χ1v) is 5.76. The van der Waals surface area contributed by atoms with Crippen molar-refractivity contribution in [3.05, 3.63) is 45.8 Å². The third kappa shape index (κ3) is 2.11. The van der Waals surface area contributed by atoms with Gasteiger partial charge in [-0.05, 0) is 36.1 Å². The summed E-state index contributed by atoms with van der Waals surface area (Å²) in [6.07, 6.45) is 0.834. The fraction of sp³-hybridized carbons (Fsp3) is 0.0833. The second-order valence-corrected chi connectivity index (χ2v) is 4.66. The second kappa shape index (κ2) is 4.17. The molecule has 0 aliphatic carbocycles. The molecule has 1 heterocycles. The first kappa shape index (κ1) is 10.4. The number of benzene rings is 1. The van der Waals surface area contributed by atoms with Crippen LogP contribution in [0.5, 0.6) is 0 Å². The highest BCUT2D eigenvalue weighted by molar-refractivity contribution is 7.13. The zero-order valence-electron chi connectivity index (χ0n) is 8.16. The van der Waals surface area contributed by atoms with Crippen LogP contribution in [0.4, 0.5) is 0 Å². The summed E-state index contributed by atoms with van der Waals surface area (Å²) in [6.45, 7) is 2.04. The van der Waals surface area contributed by atoms with Gasteiger partial charge in [0, 0.05) is 21.0 Å². The van der Waals surface area contributed by atoms with Gasteiger partial charge in [0.05, 0.1) is 0 Å². The minimum atomic E-state index is 0.653. The molecule has 0 aliphatic rings. The zero-order chi connectivity index (χ0) is 10.8. The first-order valence-electron chi connectivity index (χ1n) is 4.51. The topological polar surface area (TPSA) is 17.1 Å². The number of thiophene rings is 1. The van der Waals surface area contributed by atoms with Crippen molar-refractivity contribution in [2.45, 2.75) is 6.92 Å². The van der Waals surface area contributed by atoms with Crippen molar-refractivity contribution in [3.8, 4) is 10.4 Å². The van der Waals surface area contributed by atoms with Crippen LogP contribution < -0.4 is 0 Å². The van der Waals surface area contributed by atoms with E-state index in [9.17, 15) is 4.79 Å². The van der Waals surface area contributed by atoms with E-state index in [4.69, 9.17) is 11.6 Å². The smallest absolute Gasteiger partial charge is 0.150 e. The molecule has 1 aromatic heterocycles. The highest BCUT2D eigenvalue weighted by atomic mass is 35.5. The van der Waals surface area contributed by atoms with Gasteiger partial charge in [-0.3, -0.25) is 4.79 Å². The number of hydrogen-bond donors (Lipinski definition) is 0. The molecule has 0 aliphatic heterocycles. The van der Waals surface area contributed by atoms with E-state index in [-0.39, 0.29) is 0 Å². The summed E-state index contributed by atoms with van der Waals surface area (Å²) in [7, 11) is 0. The van der Waals surface area contributed by atoms with E-state index in [0.717, 1.165) is 16.7 Å². The van der Waals surface area contributed by atoms with Gasteiger partial charge in [-0.2, -0.15) is 0 Å². The molecule has 2 rings (SSSR count). The average molecular weight is 237 g/mol. The summed E-state index contributed by atoms with van der Waals surface area (Å²) >= 11 is 7.72. The van der Waals surface area contributed by atoms with Gasteiger partial charge >= 0.3 is 0 Å². The summed E-state index contributed by atoms with van der Waals surface area (Å²) in [5.74, 6) is 0. The van der Waals surface area contributed by atoms with Crippen molar-refractivity contribution in [1.82, 2.24) is 0 Å². The van der Waals surface area contributed by atoms with E-state index in [1.807, 2.05) is 13.0 Å². The highest BCUT2D eigenvalue weighted by Gasteiger charge is 2.06. The van der Waals surface area contributed by atoms with Crippen molar-refractivity contribution in [3.63, 3.8) is 0 Å². The van der Waals surface area contributed by atoms with Crippen molar-refractivity contribution >= 4 is 29.2 Å². The number of carbonyl (C=O) groups is 1. The normalized spacial score (nSPS) is 10.3. The molecule has 0 radical (unpaired) electrons. The third-order valence-electron chi connectivity index (χ3n) is 2.12. The Morgan fingerprint density at radius 1 is 1.33 bits per heavy atom. The average Bonchev–Trinajstić information content (AvgIpc) is 2.65. The fourth-order valence-corrected chi connectivity index (χ4v) is 2.58. The molecule has 0 atom stereocenters. The number of hydrogen-bond acceptors (Lipinski definition) is 2. The van der Waals surface area contributed by atoms with Gasteiger partial charge in [0.25, 0.3) is 0 Å². The molecule has 2 aromatic rings. The summed E-state index contributed by atoms with van der Waals surface area (Å²) in [4.78, 5) is 11.8. The number of aldehydes is 1. The molecule has 0 spiro atoms. The Balaban J connectivity index is 2.55. The molecule has 0 N–H and O–H groups in total. The largest absolute Gasteiger partial charge is 0.298 e. The predicted octanol–water partition coefficient (Wildman–Crippen LogP) is 4.19. The standard InChI is InChI=1S/C12H9ClOS/c1-8-4-12(15-7-8)10-5-9(6-14)2-3-11(10)13/h2-7H,1H3. The maximum Gasteiger partial charge on any atom is 0.150 e. The SMILES string of the molecule is Cc1csc(-c2cc(C=O)ccc2Cl)c1. The van der Waals surface area contributed by atoms with E-state index < -0.39 is 0 Å². The first-order chi connectivity index (χ1) is 7.20. The van der Waals surface area contributed by atoms with E-state index in [2.05, 4.69) is 11.4 Å². The molecular formula is C12H9ClOS. The van der Waals surface area contributed by atoms with Crippen LogP contribution in [0.25, 0.3) is 10.4 Å². The quantitative estimate of drug-likeness (QED) is 0.715. The van der Waals surface area contributed by atoms with Gasteiger partial charge < -0.3 is 0 Å². The Labute approximate surface area is 97.3 Å². The van der Waals surface area contributed by atoms with Crippen LogP contribution in [0.1, 0.15) is 15.9 Å². The molecule has 1 nitrogen and oxygen atoms in total. The lowest BCUT2D eigenvalue weighted by Crippen LogP contribution is -1.82. The third-order valence-corrected chi connectivity index (χ3v) is 3.53. The summed E-state index contributed by atoms with van der Waals surface area (Å²) < 4.78 is 0. The molecular weight excluding hydrogens is 228 g/mol. The molecule has 76 valence electrons. The lowest BCUT2D eigenvalue weighted by atomic mass is 10.1. The molecule has 3 heteroatoms. The predicted molar refractivity (Wildman–Crippen MR) is 64.9 cm³/mol. The Kier molecular flexibility index (Phi) is 2.89. The Bertz CT molecular complexity index is 502. The fourth-order valence-electron chi connectivity index (χ4n) is 1.38. The molecule has 0 unspecified atom stereocenters. The van der Waals surface area contributed by atoms with E-state index in [0.29, 0.717) is 10.6 Å². The number of halogens is 1. The molecule has 0 fully saturated rings. The van der Waals surface area contributed by atoms with E-state index in [1.165, 1.54) is 5.56 Å². The maximum atomic E-state index is 10.7. The van der Waals surface area contributed by atoms with Crippen molar-refractivity contribution < 1.29 is 4.79 Å². The van der Waals surface area contributed by atoms with Gasteiger partial charge in [0.2, 0.25) is 0 Å². The van der Waals surface area contributed by atoms with E-state index >= 15 is 0 Å². The Morgan fingerprint density at radius 2 is 2.13 bits per heavy atom. The lowest BCUT2D eigenvalue weighted by Gasteiger charge is -2.01. The second-order valence-electron chi connectivity index (χ2n) is 3.35. The van der Waals surface area contributed by atoms with Crippen molar-refractivity contribution in [1.29, 1.82) is 0 Å². The minimum absolute atomic E-state index is 0.653. The van der Waals surface area contributed by atoms with Gasteiger partial charge in [-0.15, -0.1) is 11.3 Å². The number of rotatable bonds is 2. The number of aryl methyl sites for hydroxylation is 1. The Hall–Kier alpha value is -1.12. The number of carbonyl (C=O) groups excluding carboxylic acids is 1. The molecule has 0 saturated carbocycles. The maximum absolute atomic E-state index is 10.7. The molecule has 0 saturated heterocycles. The van der Waals surface area contributed by atoms with Gasteiger partial charge in [-0.25, -0.2) is 0 Å². The molecule has 15 heavy (non-hydrogen) atoms. The van der Waals surface area contributed by atoms with Crippen molar-refractivity contribution in [2.24, 2.45) is 0 Å². The highest BCUT2D eigenvalue weighted by Crippen LogP contribution is 2.33.